The Balaban J connectivity index is 0.000000317. The predicted molar refractivity (Wildman–Crippen MR) is 211 cm³/mol. The molecule has 5 heteroatoms. The Morgan fingerprint density at radius 1 is 0.540 bits per heavy atom. The van der Waals surface area contributed by atoms with Crippen LogP contribution in [0.2, 0.25) is 0 Å². The molecule has 10 aromatic rings. The molecular formula is C45H36N4O. The van der Waals surface area contributed by atoms with Gasteiger partial charge in [0.1, 0.15) is 11.2 Å². The first-order chi connectivity index (χ1) is 24.6. The van der Waals surface area contributed by atoms with Gasteiger partial charge in [-0.05, 0) is 76.0 Å². The number of hydrogen-bond acceptors (Lipinski definition) is 3. The van der Waals surface area contributed by atoms with Crippen molar-refractivity contribution in [2.45, 2.75) is 13.0 Å². The average Bonchev–Trinajstić information content (AvgIpc) is 3.71. The summed E-state index contributed by atoms with van der Waals surface area (Å²) in [6, 6.07) is 55.2. The fraction of sp³-hybridized carbons (Fsp3) is 0.0444. The summed E-state index contributed by atoms with van der Waals surface area (Å²) in [6.45, 7) is 2.08. The Hall–Kier alpha value is -6.43. The fourth-order valence-corrected chi connectivity index (χ4v) is 7.38. The molecule has 1 unspecified atom stereocenters. The minimum Gasteiger partial charge on any atom is -0.456 e. The maximum atomic E-state index is 6.77. The molecule has 0 bridgehead atoms. The van der Waals surface area contributed by atoms with Crippen LogP contribution in [0, 0.1) is 12.3 Å². The van der Waals surface area contributed by atoms with Gasteiger partial charge in [-0.3, -0.25) is 5.41 Å². The molecule has 0 fully saturated rings. The smallest absolute Gasteiger partial charge is 0.136 e. The van der Waals surface area contributed by atoms with Crippen molar-refractivity contribution in [2.24, 2.45) is 11.5 Å². The summed E-state index contributed by atoms with van der Waals surface area (Å²) < 4.78 is 8.87. The maximum Gasteiger partial charge on any atom is 0.136 e. The van der Waals surface area contributed by atoms with E-state index in [9.17, 15) is 0 Å². The molecule has 0 saturated carbocycles. The van der Waals surface area contributed by atoms with E-state index in [4.69, 9.17) is 15.6 Å². The molecule has 8 aromatic carbocycles. The van der Waals surface area contributed by atoms with Crippen LogP contribution in [0.1, 0.15) is 22.7 Å². The molecule has 0 amide bonds. The van der Waals surface area contributed by atoms with Crippen LogP contribution < -0.4 is 11.5 Å². The zero-order valence-corrected chi connectivity index (χ0v) is 27.7. The first-order valence-corrected chi connectivity index (χ1v) is 16.7. The number of hydrogen-bond donors (Lipinski definition) is 3. The third-order valence-corrected chi connectivity index (χ3v) is 9.51. The number of aromatic nitrogens is 1. The van der Waals surface area contributed by atoms with Gasteiger partial charge in [-0.15, -0.1) is 0 Å². The first-order valence-electron chi connectivity index (χ1n) is 16.7. The number of benzene rings is 7. The Kier molecular flexibility index (Phi) is 7.95. The van der Waals surface area contributed by atoms with Crippen molar-refractivity contribution in [1.82, 2.24) is 4.57 Å². The van der Waals surface area contributed by atoms with Gasteiger partial charge < -0.3 is 20.5 Å². The summed E-state index contributed by atoms with van der Waals surface area (Å²) in [5.41, 5.74) is 19.9. The molecule has 50 heavy (non-hydrogen) atoms. The minimum atomic E-state index is -0.203. The van der Waals surface area contributed by atoms with E-state index in [1.807, 2.05) is 36.4 Å². The Morgan fingerprint density at radius 2 is 1.08 bits per heavy atom. The van der Waals surface area contributed by atoms with Gasteiger partial charge in [-0.25, -0.2) is 0 Å². The van der Waals surface area contributed by atoms with Crippen LogP contribution in [-0.2, 0) is 0 Å². The van der Waals surface area contributed by atoms with Gasteiger partial charge in [0.2, 0.25) is 0 Å². The second-order valence-electron chi connectivity index (χ2n) is 12.5. The van der Waals surface area contributed by atoms with E-state index in [-0.39, 0.29) is 6.04 Å². The second-order valence-corrected chi connectivity index (χ2v) is 12.5. The van der Waals surface area contributed by atoms with Crippen LogP contribution in [0.25, 0.3) is 71.0 Å². The van der Waals surface area contributed by atoms with E-state index < -0.39 is 0 Å². The lowest BCUT2D eigenvalue weighted by Crippen LogP contribution is -2.12. The fourth-order valence-electron chi connectivity index (χ4n) is 7.38. The predicted octanol–water partition coefficient (Wildman–Crippen LogP) is 11.0. The zero-order valence-electron chi connectivity index (χ0n) is 27.7. The molecule has 2 aromatic heterocycles. The molecule has 10 rings (SSSR count). The van der Waals surface area contributed by atoms with Crippen LogP contribution in [0.4, 0.5) is 0 Å². The number of rotatable bonds is 3. The van der Waals surface area contributed by atoms with E-state index in [1.165, 1.54) is 54.2 Å². The molecule has 2 heterocycles. The monoisotopic (exact) mass is 648 g/mol. The van der Waals surface area contributed by atoms with Crippen LogP contribution >= 0.6 is 0 Å². The van der Waals surface area contributed by atoms with Crippen molar-refractivity contribution in [2.75, 3.05) is 0 Å². The summed E-state index contributed by atoms with van der Waals surface area (Å²) in [5.74, 6) is 0. The highest BCUT2D eigenvalue weighted by molar-refractivity contribution is 6.38. The lowest BCUT2D eigenvalue weighted by Gasteiger charge is -2.15. The number of nitrogens with two attached hydrogens (primary N) is 2. The van der Waals surface area contributed by atoms with Gasteiger partial charge in [0, 0.05) is 27.2 Å². The summed E-state index contributed by atoms with van der Waals surface area (Å²) in [6.07, 6.45) is 0.750. The van der Waals surface area contributed by atoms with Crippen LogP contribution in [-0.4, -0.2) is 10.9 Å². The van der Waals surface area contributed by atoms with Crippen molar-refractivity contribution in [1.29, 1.82) is 5.41 Å². The minimum absolute atomic E-state index is 0.203. The number of aryl methyl sites for hydroxylation is 1. The molecule has 1 atom stereocenters. The quantitative estimate of drug-likeness (QED) is 0.131. The zero-order chi connectivity index (χ0) is 34.2. The Bertz CT molecular complexity index is 2760. The topological polar surface area (TPSA) is 94.0 Å². The first kappa shape index (κ1) is 30.9. The van der Waals surface area contributed by atoms with Crippen LogP contribution in [0.15, 0.2) is 162 Å². The van der Waals surface area contributed by atoms with E-state index in [0.717, 1.165) is 39.8 Å². The molecule has 5 nitrogen and oxygen atoms in total. The number of furan rings is 1. The molecule has 0 aliphatic heterocycles. The summed E-state index contributed by atoms with van der Waals surface area (Å²) in [5, 5.41) is 15.6. The molecule has 0 saturated heterocycles. The Labute approximate surface area is 289 Å². The van der Waals surface area contributed by atoms with Crippen molar-refractivity contribution in [3.63, 3.8) is 0 Å². The van der Waals surface area contributed by atoms with Gasteiger partial charge in [0.25, 0.3) is 0 Å². The number of nitrogens with one attached hydrogen (secondary N) is 1. The molecule has 242 valence electrons. The third kappa shape index (κ3) is 5.12. The SMILES string of the molecule is Cc1ccccc1.N=CN.NC(c1ccccc1)c1cccc(-n2c3cccc4c5ccccc5c5cccc6oc7ccc2c(c7c65)c43)c1. The van der Waals surface area contributed by atoms with Crippen molar-refractivity contribution < 1.29 is 4.42 Å². The van der Waals surface area contributed by atoms with Gasteiger partial charge in [0.05, 0.1) is 23.4 Å². The molecular weight excluding hydrogens is 613 g/mol. The largest absolute Gasteiger partial charge is 0.456 e. The second kappa shape index (κ2) is 12.9. The van der Waals surface area contributed by atoms with E-state index in [2.05, 4.69) is 139 Å². The van der Waals surface area contributed by atoms with Crippen LogP contribution in [0.3, 0.4) is 0 Å². The van der Waals surface area contributed by atoms with Gasteiger partial charge in [0.15, 0.2) is 0 Å². The van der Waals surface area contributed by atoms with Gasteiger partial charge in [-0.2, -0.15) is 0 Å². The summed E-state index contributed by atoms with van der Waals surface area (Å²) in [7, 11) is 0. The van der Waals surface area contributed by atoms with Gasteiger partial charge >= 0.3 is 0 Å². The van der Waals surface area contributed by atoms with E-state index in [1.54, 1.807) is 0 Å². The molecule has 0 radical (unpaired) electrons. The standard InChI is InChI=1S/C37H24N2O.C7H8.CH4N2/c38-37(22-9-2-1-3-10-22)23-11-6-12-24(21-23)39-29-17-7-15-27-25-13-4-5-14-26(25)28-16-8-18-31-34(28)36-32(40-31)20-19-30(39)35(36)33(27)29;1-7-5-3-2-4-6-7;2-1-3/h1-21,37H,38H2;2-6H,1H3;1H,(H3,2,3). The summed E-state index contributed by atoms with van der Waals surface area (Å²) >= 11 is 0. The number of fused-ring (bicyclic) bond motifs is 3. The van der Waals surface area contributed by atoms with Crippen LogP contribution in [0.5, 0.6) is 0 Å². The number of nitrogens with zero attached hydrogens (tertiary/aromatic N) is 1. The lowest BCUT2D eigenvalue weighted by molar-refractivity contribution is 0.669. The highest BCUT2D eigenvalue weighted by atomic mass is 16.3. The molecule has 0 aliphatic rings. The normalized spacial score (nSPS) is 11.9. The average molecular weight is 649 g/mol. The molecule has 0 spiro atoms. The van der Waals surface area contributed by atoms with Crippen molar-refractivity contribution in [3.05, 3.63) is 174 Å². The van der Waals surface area contributed by atoms with Crippen molar-refractivity contribution >= 4 is 71.6 Å². The molecule has 5 N–H and O–H groups in total. The molecule has 0 aliphatic carbocycles. The third-order valence-electron chi connectivity index (χ3n) is 9.51. The maximum absolute atomic E-state index is 6.77. The highest BCUT2D eigenvalue weighted by Gasteiger charge is 2.23. The van der Waals surface area contributed by atoms with Gasteiger partial charge in [-0.1, -0.05) is 127 Å². The lowest BCUT2D eigenvalue weighted by atomic mass is 9.95. The van der Waals surface area contributed by atoms with E-state index >= 15 is 0 Å². The van der Waals surface area contributed by atoms with Crippen molar-refractivity contribution in [3.8, 4) is 5.69 Å². The highest BCUT2D eigenvalue weighted by Crippen LogP contribution is 2.46. The Morgan fingerprint density at radius 3 is 1.76 bits per heavy atom. The summed E-state index contributed by atoms with van der Waals surface area (Å²) in [4.78, 5) is 0. The van der Waals surface area contributed by atoms with E-state index in [0.29, 0.717) is 0 Å².